The average molecular weight is 506 g/mol. The molecule has 0 atom stereocenters. The molecule has 190 valence electrons. The van der Waals surface area contributed by atoms with Gasteiger partial charge in [0.05, 0.1) is 19.4 Å². The standard InChI is InChI=1S/C25H24FN7O4/c1-32-14-15(5-6-19(32)34)20-21(25-28-7-10-37-25)31-23(27)22(30-20)24(35)29-13-16-17(26)3-2-4-18(16)33-8-11-36-12-9-33/h2-7,10,14H,8-9,11-13H2,1H3,(H2,27,31)(H,29,35). The Balaban J connectivity index is 1.48. The molecule has 1 aromatic carbocycles. The number of hydrogen-bond acceptors (Lipinski definition) is 9. The Kier molecular flexibility index (Phi) is 6.64. The highest BCUT2D eigenvalue weighted by Gasteiger charge is 2.23. The molecule has 3 N–H and O–H groups in total. The number of halogens is 1. The second-order valence-electron chi connectivity index (χ2n) is 8.38. The summed E-state index contributed by atoms with van der Waals surface area (Å²) in [5, 5.41) is 2.72. The maximum Gasteiger partial charge on any atom is 0.274 e. The van der Waals surface area contributed by atoms with E-state index in [9.17, 15) is 14.0 Å². The van der Waals surface area contributed by atoms with Gasteiger partial charge in [-0.05, 0) is 18.2 Å². The molecular formula is C25H24FN7O4. The van der Waals surface area contributed by atoms with Crippen molar-refractivity contribution < 1.29 is 18.3 Å². The largest absolute Gasteiger partial charge is 0.443 e. The number of carbonyl (C=O) groups excluding carboxylic acids is 1. The molecule has 0 radical (unpaired) electrons. The van der Waals surface area contributed by atoms with Crippen LogP contribution in [0.25, 0.3) is 22.8 Å². The predicted octanol–water partition coefficient (Wildman–Crippen LogP) is 1.99. The number of oxazole rings is 1. The zero-order chi connectivity index (χ0) is 25.9. The summed E-state index contributed by atoms with van der Waals surface area (Å²) in [6.07, 6.45) is 4.38. The molecule has 1 aliphatic rings. The van der Waals surface area contributed by atoms with E-state index in [1.165, 1.54) is 29.2 Å². The highest BCUT2D eigenvalue weighted by molar-refractivity contribution is 5.97. The summed E-state index contributed by atoms with van der Waals surface area (Å²) in [4.78, 5) is 40.1. The van der Waals surface area contributed by atoms with E-state index in [-0.39, 0.29) is 40.9 Å². The quantitative estimate of drug-likeness (QED) is 0.402. The number of pyridine rings is 1. The summed E-state index contributed by atoms with van der Waals surface area (Å²) in [6.45, 7) is 2.23. The van der Waals surface area contributed by atoms with Gasteiger partial charge >= 0.3 is 0 Å². The molecule has 11 nitrogen and oxygen atoms in total. The molecule has 0 unspecified atom stereocenters. The predicted molar refractivity (Wildman–Crippen MR) is 133 cm³/mol. The van der Waals surface area contributed by atoms with Crippen molar-refractivity contribution in [1.29, 1.82) is 0 Å². The molecule has 4 heterocycles. The Morgan fingerprint density at radius 2 is 1.97 bits per heavy atom. The molecule has 1 saturated heterocycles. The number of amides is 1. The monoisotopic (exact) mass is 505 g/mol. The van der Waals surface area contributed by atoms with Crippen molar-refractivity contribution in [3.05, 3.63) is 76.4 Å². The Morgan fingerprint density at radius 3 is 2.70 bits per heavy atom. The number of nitrogens with one attached hydrogen (secondary N) is 1. The van der Waals surface area contributed by atoms with Gasteiger partial charge in [-0.15, -0.1) is 0 Å². The summed E-state index contributed by atoms with van der Waals surface area (Å²) in [5.74, 6) is -1.07. The number of hydrogen-bond donors (Lipinski definition) is 2. The third-order valence-corrected chi connectivity index (χ3v) is 6.00. The zero-order valence-corrected chi connectivity index (χ0v) is 20.0. The minimum absolute atomic E-state index is 0.0873. The van der Waals surface area contributed by atoms with Crippen LogP contribution in [0, 0.1) is 5.82 Å². The van der Waals surface area contributed by atoms with E-state index in [2.05, 4.69) is 20.3 Å². The fraction of sp³-hybridized carbons (Fsp3) is 0.240. The number of aryl methyl sites for hydroxylation is 1. The van der Waals surface area contributed by atoms with Gasteiger partial charge in [0, 0.05) is 55.8 Å². The molecule has 0 saturated carbocycles. The van der Waals surface area contributed by atoms with Gasteiger partial charge in [0.15, 0.2) is 17.2 Å². The van der Waals surface area contributed by atoms with E-state index < -0.39 is 11.7 Å². The van der Waals surface area contributed by atoms with E-state index in [1.54, 1.807) is 25.4 Å². The molecule has 3 aromatic heterocycles. The number of aromatic nitrogens is 4. The van der Waals surface area contributed by atoms with Crippen molar-refractivity contribution in [2.75, 3.05) is 36.9 Å². The van der Waals surface area contributed by atoms with Gasteiger partial charge < -0.3 is 29.7 Å². The summed E-state index contributed by atoms with van der Waals surface area (Å²) < 4.78 is 26.9. The number of morpholine rings is 1. The fourth-order valence-electron chi connectivity index (χ4n) is 4.12. The first kappa shape index (κ1) is 24.1. The van der Waals surface area contributed by atoms with Gasteiger partial charge in [-0.2, -0.15) is 0 Å². The number of nitrogen functional groups attached to an aromatic ring is 1. The van der Waals surface area contributed by atoms with Gasteiger partial charge in [-0.25, -0.2) is 19.3 Å². The second kappa shape index (κ2) is 10.2. The van der Waals surface area contributed by atoms with Crippen molar-refractivity contribution >= 4 is 17.4 Å². The van der Waals surface area contributed by atoms with Crippen LogP contribution in [0.5, 0.6) is 0 Å². The topological polar surface area (TPSA) is 141 Å². The fourth-order valence-corrected chi connectivity index (χ4v) is 4.12. The van der Waals surface area contributed by atoms with Crippen molar-refractivity contribution in [2.24, 2.45) is 7.05 Å². The molecule has 12 heteroatoms. The number of carbonyl (C=O) groups is 1. The molecular weight excluding hydrogens is 481 g/mol. The van der Waals surface area contributed by atoms with E-state index in [1.807, 2.05) is 11.0 Å². The van der Waals surface area contributed by atoms with Crippen LogP contribution < -0.4 is 21.5 Å². The van der Waals surface area contributed by atoms with Crippen LogP contribution in [0.15, 0.2) is 58.2 Å². The Labute approximate surface area is 210 Å². The van der Waals surface area contributed by atoms with Crippen molar-refractivity contribution in [3.8, 4) is 22.8 Å². The summed E-state index contributed by atoms with van der Waals surface area (Å²) in [7, 11) is 1.59. The van der Waals surface area contributed by atoms with Crippen LogP contribution in [-0.4, -0.2) is 51.7 Å². The lowest BCUT2D eigenvalue weighted by Gasteiger charge is -2.30. The van der Waals surface area contributed by atoms with Crippen LogP contribution in [0.2, 0.25) is 0 Å². The van der Waals surface area contributed by atoms with E-state index in [0.717, 1.165) is 0 Å². The summed E-state index contributed by atoms with van der Waals surface area (Å²) >= 11 is 0. The van der Waals surface area contributed by atoms with E-state index in [4.69, 9.17) is 14.9 Å². The van der Waals surface area contributed by atoms with Crippen LogP contribution in [0.3, 0.4) is 0 Å². The maximum atomic E-state index is 14.8. The molecule has 1 aliphatic heterocycles. The lowest BCUT2D eigenvalue weighted by atomic mass is 10.1. The number of rotatable bonds is 6. The smallest absolute Gasteiger partial charge is 0.274 e. The molecule has 1 fully saturated rings. The van der Waals surface area contributed by atoms with Gasteiger partial charge in [-0.3, -0.25) is 9.59 Å². The molecule has 0 bridgehead atoms. The van der Waals surface area contributed by atoms with Crippen LogP contribution >= 0.6 is 0 Å². The zero-order valence-electron chi connectivity index (χ0n) is 20.0. The second-order valence-corrected chi connectivity index (χ2v) is 8.38. The minimum Gasteiger partial charge on any atom is -0.443 e. The summed E-state index contributed by atoms with van der Waals surface area (Å²) in [6, 6.07) is 7.73. The average Bonchev–Trinajstić information content (AvgIpc) is 3.45. The molecule has 5 rings (SSSR count). The van der Waals surface area contributed by atoms with Crippen molar-refractivity contribution in [2.45, 2.75) is 6.54 Å². The van der Waals surface area contributed by atoms with Gasteiger partial charge in [-0.1, -0.05) is 6.07 Å². The minimum atomic E-state index is -0.633. The number of benzene rings is 1. The first-order valence-corrected chi connectivity index (χ1v) is 11.5. The van der Waals surface area contributed by atoms with E-state index in [0.29, 0.717) is 43.1 Å². The van der Waals surface area contributed by atoms with Crippen molar-refractivity contribution in [1.82, 2.24) is 24.8 Å². The molecule has 1 amide bonds. The Hall–Kier alpha value is -4.58. The first-order valence-electron chi connectivity index (χ1n) is 11.5. The maximum absolute atomic E-state index is 14.8. The van der Waals surface area contributed by atoms with Crippen molar-refractivity contribution in [3.63, 3.8) is 0 Å². The lowest BCUT2D eigenvalue weighted by Crippen LogP contribution is -2.37. The molecule has 0 spiro atoms. The van der Waals surface area contributed by atoms with E-state index >= 15 is 0 Å². The highest BCUT2D eigenvalue weighted by Crippen LogP contribution is 2.30. The molecule has 0 aliphatic carbocycles. The molecule has 4 aromatic rings. The number of ether oxygens (including phenoxy) is 1. The van der Waals surface area contributed by atoms with Crippen LogP contribution in [-0.2, 0) is 18.3 Å². The van der Waals surface area contributed by atoms with Gasteiger partial charge in [0.2, 0.25) is 11.4 Å². The first-order chi connectivity index (χ1) is 17.9. The number of nitrogens with two attached hydrogens (primary N) is 1. The Morgan fingerprint density at radius 1 is 1.16 bits per heavy atom. The third kappa shape index (κ3) is 4.91. The van der Waals surface area contributed by atoms with Crippen LogP contribution in [0.1, 0.15) is 16.1 Å². The highest BCUT2D eigenvalue weighted by atomic mass is 19.1. The van der Waals surface area contributed by atoms with Gasteiger partial charge in [0.1, 0.15) is 17.8 Å². The number of nitrogens with zero attached hydrogens (tertiary/aromatic N) is 5. The lowest BCUT2D eigenvalue weighted by molar-refractivity contribution is 0.0946. The normalized spacial score (nSPS) is 13.5. The van der Waals surface area contributed by atoms with Crippen LogP contribution in [0.4, 0.5) is 15.9 Å². The summed E-state index contributed by atoms with van der Waals surface area (Å²) in [5.41, 5.74) is 7.74. The molecule has 37 heavy (non-hydrogen) atoms. The third-order valence-electron chi connectivity index (χ3n) is 6.00. The SMILES string of the molecule is Cn1cc(-c2nc(C(=O)NCc3c(F)cccc3N3CCOCC3)c(N)nc2-c2ncco2)ccc1=O. The van der Waals surface area contributed by atoms with Gasteiger partial charge in [0.25, 0.3) is 5.91 Å². The number of anilines is 2. The Bertz CT molecular complexity index is 1500.